The Hall–Kier alpha value is -3.48. The minimum atomic E-state index is -0.389. The van der Waals surface area contributed by atoms with E-state index in [1.54, 1.807) is 21.3 Å². The zero-order chi connectivity index (χ0) is 26.3. The molecule has 1 fully saturated rings. The molecule has 3 heterocycles. The number of methoxy groups -OCH3 is 2. The van der Waals surface area contributed by atoms with Crippen LogP contribution in [-0.4, -0.2) is 59.1 Å². The van der Waals surface area contributed by atoms with Gasteiger partial charge < -0.3 is 19.3 Å². The third-order valence-corrected chi connectivity index (χ3v) is 7.96. The maximum Gasteiger partial charge on any atom is 0.332 e. The Balaban J connectivity index is 1.54. The van der Waals surface area contributed by atoms with Gasteiger partial charge in [0.1, 0.15) is 11.5 Å². The molecule has 1 aliphatic heterocycles. The van der Waals surface area contributed by atoms with E-state index < -0.39 is 0 Å². The highest BCUT2D eigenvalue weighted by Crippen LogP contribution is 2.33. The van der Waals surface area contributed by atoms with E-state index in [9.17, 15) is 9.59 Å². The number of piperazine rings is 1. The van der Waals surface area contributed by atoms with Crippen molar-refractivity contribution in [2.24, 2.45) is 14.1 Å². The number of halogens is 1. The predicted molar refractivity (Wildman–Crippen MR) is 152 cm³/mol. The fourth-order valence-electron chi connectivity index (χ4n) is 4.82. The highest BCUT2D eigenvalue weighted by molar-refractivity contribution is 14.1. The number of anilines is 2. The Morgan fingerprint density at radius 2 is 1.62 bits per heavy atom. The average molecular weight is 616 g/mol. The van der Waals surface area contributed by atoms with Gasteiger partial charge in [-0.15, -0.1) is 0 Å². The van der Waals surface area contributed by atoms with Crippen LogP contribution in [0.2, 0.25) is 0 Å². The summed E-state index contributed by atoms with van der Waals surface area (Å²) in [5.41, 5.74) is 2.18. The van der Waals surface area contributed by atoms with Crippen LogP contribution in [0.1, 0.15) is 5.56 Å². The summed E-state index contributed by atoms with van der Waals surface area (Å²) in [6.45, 7) is 3.35. The average Bonchev–Trinajstić information content (AvgIpc) is 3.31. The zero-order valence-corrected chi connectivity index (χ0v) is 23.4. The van der Waals surface area contributed by atoms with E-state index in [4.69, 9.17) is 14.5 Å². The second-order valence-electron chi connectivity index (χ2n) is 8.98. The number of hydrogen-bond donors (Lipinski definition) is 0. The first-order valence-corrected chi connectivity index (χ1v) is 13.0. The molecule has 1 saturated heterocycles. The summed E-state index contributed by atoms with van der Waals surface area (Å²) in [6, 6.07) is 13.9. The van der Waals surface area contributed by atoms with E-state index in [1.165, 1.54) is 11.6 Å². The van der Waals surface area contributed by atoms with E-state index in [-0.39, 0.29) is 11.2 Å². The molecule has 10 nitrogen and oxygen atoms in total. The van der Waals surface area contributed by atoms with E-state index >= 15 is 0 Å². The van der Waals surface area contributed by atoms with Gasteiger partial charge in [-0.1, -0.05) is 18.2 Å². The number of hydrogen-bond acceptors (Lipinski definition) is 7. The smallest absolute Gasteiger partial charge is 0.332 e. The summed E-state index contributed by atoms with van der Waals surface area (Å²) >= 11 is 2.31. The quantitative estimate of drug-likeness (QED) is 0.308. The highest BCUT2D eigenvalue weighted by Gasteiger charge is 2.27. The zero-order valence-electron chi connectivity index (χ0n) is 21.3. The highest BCUT2D eigenvalue weighted by atomic mass is 127. The van der Waals surface area contributed by atoms with Gasteiger partial charge in [-0.05, 0) is 46.4 Å². The summed E-state index contributed by atoms with van der Waals surface area (Å²) in [5.74, 6) is 2.20. The van der Waals surface area contributed by atoms with Gasteiger partial charge in [0.15, 0.2) is 11.2 Å². The third kappa shape index (κ3) is 4.45. The standard InChI is InChI=1S/C26H29IN6O4/c1-29-23-22(24(34)30(2)26(29)35)33(16-17-7-5-6-8-19(17)27)25(28-23)32-13-11-31(12-14-32)20-10-9-18(36-3)15-21(20)37-4/h5-10,15H,11-14,16H2,1-4H3. The van der Waals surface area contributed by atoms with Crippen LogP contribution in [-0.2, 0) is 20.6 Å². The summed E-state index contributed by atoms with van der Waals surface area (Å²) < 4.78 is 16.6. The molecule has 0 unspecified atom stereocenters. The van der Waals surface area contributed by atoms with Crippen molar-refractivity contribution in [1.29, 1.82) is 0 Å². The minimum Gasteiger partial charge on any atom is -0.497 e. The fourth-order valence-corrected chi connectivity index (χ4v) is 5.37. The van der Waals surface area contributed by atoms with Crippen LogP contribution in [0.4, 0.5) is 11.6 Å². The Morgan fingerprint density at radius 1 is 0.919 bits per heavy atom. The predicted octanol–water partition coefficient (Wildman–Crippen LogP) is 2.43. The van der Waals surface area contributed by atoms with Crippen molar-refractivity contribution in [2.45, 2.75) is 6.54 Å². The minimum absolute atomic E-state index is 0.343. The SMILES string of the molecule is COc1ccc(N2CCN(c3nc4c(c(=O)n(C)c(=O)n4C)n3Cc3ccccc3I)CC2)c(OC)c1. The van der Waals surface area contributed by atoms with Crippen molar-refractivity contribution in [3.05, 3.63) is 72.4 Å². The molecule has 0 bridgehead atoms. The summed E-state index contributed by atoms with van der Waals surface area (Å²) in [6.07, 6.45) is 0. The van der Waals surface area contributed by atoms with Gasteiger partial charge in [0.05, 0.1) is 26.5 Å². The monoisotopic (exact) mass is 616 g/mol. The van der Waals surface area contributed by atoms with Crippen LogP contribution in [0.15, 0.2) is 52.1 Å². The molecule has 11 heteroatoms. The number of imidazole rings is 1. The van der Waals surface area contributed by atoms with Crippen molar-refractivity contribution in [1.82, 2.24) is 18.7 Å². The van der Waals surface area contributed by atoms with Gasteiger partial charge >= 0.3 is 5.69 Å². The molecule has 0 amide bonds. The van der Waals surface area contributed by atoms with Gasteiger partial charge in [-0.25, -0.2) is 4.79 Å². The van der Waals surface area contributed by atoms with Crippen LogP contribution in [0.3, 0.4) is 0 Å². The van der Waals surface area contributed by atoms with Crippen molar-refractivity contribution in [3.8, 4) is 11.5 Å². The number of aryl methyl sites for hydroxylation is 1. The van der Waals surface area contributed by atoms with Crippen LogP contribution in [0, 0.1) is 3.57 Å². The Morgan fingerprint density at radius 3 is 2.30 bits per heavy atom. The molecule has 0 saturated carbocycles. The van der Waals surface area contributed by atoms with Crippen LogP contribution in [0.25, 0.3) is 11.2 Å². The van der Waals surface area contributed by atoms with E-state index in [2.05, 4.69) is 38.5 Å². The van der Waals surface area contributed by atoms with Gasteiger partial charge in [-0.3, -0.25) is 18.5 Å². The number of ether oxygens (including phenoxy) is 2. The molecule has 1 aliphatic rings. The molecule has 194 valence electrons. The lowest BCUT2D eigenvalue weighted by Gasteiger charge is -2.37. The van der Waals surface area contributed by atoms with Crippen molar-refractivity contribution < 1.29 is 9.47 Å². The molecule has 0 spiro atoms. The second-order valence-corrected chi connectivity index (χ2v) is 10.1. The van der Waals surface area contributed by atoms with E-state index in [0.717, 1.165) is 44.0 Å². The maximum absolute atomic E-state index is 13.3. The largest absolute Gasteiger partial charge is 0.497 e. The molecular weight excluding hydrogens is 587 g/mol. The first-order valence-electron chi connectivity index (χ1n) is 12.0. The fraction of sp³-hybridized carbons (Fsp3) is 0.346. The summed E-state index contributed by atoms with van der Waals surface area (Å²) in [7, 11) is 6.46. The number of rotatable bonds is 6. The molecule has 2 aromatic heterocycles. The lowest BCUT2D eigenvalue weighted by molar-refractivity contribution is 0.393. The number of fused-ring (bicyclic) bond motifs is 1. The molecule has 0 N–H and O–H groups in total. The maximum atomic E-state index is 13.3. The van der Waals surface area contributed by atoms with Gasteiger partial charge in [0, 0.05) is 49.9 Å². The van der Waals surface area contributed by atoms with Gasteiger partial charge in [-0.2, -0.15) is 4.98 Å². The van der Waals surface area contributed by atoms with Crippen LogP contribution in [0.5, 0.6) is 11.5 Å². The summed E-state index contributed by atoms with van der Waals surface area (Å²) in [5, 5.41) is 0. The molecular formula is C26H29IN6O4. The van der Waals surface area contributed by atoms with Crippen LogP contribution < -0.4 is 30.5 Å². The molecule has 37 heavy (non-hydrogen) atoms. The Kier molecular flexibility index (Phi) is 6.88. The van der Waals surface area contributed by atoms with Crippen molar-refractivity contribution in [2.75, 3.05) is 50.2 Å². The summed E-state index contributed by atoms with van der Waals surface area (Å²) in [4.78, 5) is 35.3. The molecule has 0 aliphatic carbocycles. The van der Waals surface area contributed by atoms with E-state index in [1.807, 2.05) is 41.0 Å². The number of benzene rings is 2. The lowest BCUT2D eigenvalue weighted by atomic mass is 10.2. The molecule has 5 rings (SSSR count). The normalized spacial score (nSPS) is 13.9. The topological polar surface area (TPSA) is 86.8 Å². The number of nitrogens with zero attached hydrogens (tertiary/aromatic N) is 6. The Labute approximate surface area is 227 Å². The Bertz CT molecular complexity index is 1580. The first-order chi connectivity index (χ1) is 17.8. The molecule has 0 atom stereocenters. The van der Waals surface area contributed by atoms with E-state index in [0.29, 0.717) is 36.7 Å². The van der Waals surface area contributed by atoms with Gasteiger partial charge in [0.2, 0.25) is 5.95 Å². The molecule has 2 aromatic carbocycles. The number of aromatic nitrogens is 4. The van der Waals surface area contributed by atoms with Crippen molar-refractivity contribution in [3.63, 3.8) is 0 Å². The van der Waals surface area contributed by atoms with Gasteiger partial charge in [0.25, 0.3) is 5.56 Å². The third-order valence-electron chi connectivity index (χ3n) is 6.90. The lowest BCUT2D eigenvalue weighted by Crippen LogP contribution is -2.47. The molecule has 0 radical (unpaired) electrons. The van der Waals surface area contributed by atoms with Crippen molar-refractivity contribution >= 4 is 45.4 Å². The molecule has 4 aromatic rings. The first kappa shape index (κ1) is 25.2. The van der Waals surface area contributed by atoms with Crippen LogP contribution >= 0.6 is 22.6 Å². The second kappa shape index (κ2) is 10.1.